The molecule has 0 radical (unpaired) electrons. The summed E-state index contributed by atoms with van der Waals surface area (Å²) in [6.45, 7) is 1.43. The molecule has 2 aromatic carbocycles. The van der Waals surface area contributed by atoms with E-state index in [1.165, 1.54) is 6.33 Å². The Balaban J connectivity index is 1.22. The fourth-order valence-electron chi connectivity index (χ4n) is 4.15. The molecule has 4 aromatic rings. The first kappa shape index (κ1) is 19.2. The third-order valence-electron chi connectivity index (χ3n) is 5.77. The molecule has 1 fully saturated rings. The SMILES string of the molecule is Cn1c(C2CCCN(C(=O)COc3ccc(-n4cnnn4)cc3)C2)nc2ccccc21. The molecule has 158 valence electrons. The van der Waals surface area contributed by atoms with Gasteiger partial charge in [0.25, 0.3) is 5.91 Å². The molecule has 1 atom stereocenters. The van der Waals surface area contributed by atoms with Gasteiger partial charge in [0.2, 0.25) is 0 Å². The molecule has 2 aromatic heterocycles. The van der Waals surface area contributed by atoms with Gasteiger partial charge in [-0.3, -0.25) is 4.79 Å². The Hall–Kier alpha value is -3.75. The van der Waals surface area contributed by atoms with Crippen LogP contribution >= 0.6 is 0 Å². The molecule has 0 N–H and O–H groups in total. The minimum absolute atomic E-state index is 0.00647. The number of imidazole rings is 1. The number of fused-ring (bicyclic) bond motifs is 1. The second-order valence-corrected chi connectivity index (χ2v) is 7.73. The second kappa shape index (κ2) is 8.17. The van der Waals surface area contributed by atoms with Gasteiger partial charge < -0.3 is 14.2 Å². The fraction of sp³-hybridized carbons (Fsp3) is 0.318. The monoisotopic (exact) mass is 417 g/mol. The largest absolute Gasteiger partial charge is 0.484 e. The maximum Gasteiger partial charge on any atom is 0.260 e. The van der Waals surface area contributed by atoms with Gasteiger partial charge in [0.15, 0.2) is 6.61 Å². The highest BCUT2D eigenvalue weighted by atomic mass is 16.5. The summed E-state index contributed by atoms with van der Waals surface area (Å²) in [7, 11) is 2.05. The Morgan fingerprint density at radius 2 is 2.00 bits per heavy atom. The smallest absolute Gasteiger partial charge is 0.260 e. The molecule has 31 heavy (non-hydrogen) atoms. The van der Waals surface area contributed by atoms with Crippen LogP contribution < -0.4 is 4.74 Å². The summed E-state index contributed by atoms with van der Waals surface area (Å²) < 4.78 is 9.44. The van der Waals surface area contributed by atoms with Crippen LogP contribution in [-0.2, 0) is 11.8 Å². The molecular weight excluding hydrogens is 394 g/mol. The molecule has 1 aliphatic heterocycles. The zero-order valence-electron chi connectivity index (χ0n) is 17.3. The van der Waals surface area contributed by atoms with Gasteiger partial charge in [-0.15, -0.1) is 5.10 Å². The van der Waals surface area contributed by atoms with Gasteiger partial charge in [0.05, 0.1) is 16.7 Å². The van der Waals surface area contributed by atoms with Gasteiger partial charge in [0.1, 0.15) is 17.9 Å². The molecule has 1 saturated heterocycles. The first-order valence-corrected chi connectivity index (χ1v) is 10.3. The van der Waals surface area contributed by atoms with Crippen molar-refractivity contribution >= 4 is 16.9 Å². The molecule has 0 saturated carbocycles. The quantitative estimate of drug-likeness (QED) is 0.495. The normalized spacial score (nSPS) is 16.5. The van der Waals surface area contributed by atoms with E-state index in [1.54, 1.807) is 4.68 Å². The van der Waals surface area contributed by atoms with Crippen LogP contribution in [0.4, 0.5) is 0 Å². The van der Waals surface area contributed by atoms with E-state index in [-0.39, 0.29) is 18.4 Å². The molecule has 1 unspecified atom stereocenters. The molecule has 5 rings (SSSR count). The lowest BCUT2D eigenvalue weighted by molar-refractivity contribution is -0.134. The Kier molecular flexibility index (Phi) is 5.07. The third-order valence-corrected chi connectivity index (χ3v) is 5.77. The van der Waals surface area contributed by atoms with Crippen molar-refractivity contribution in [3.63, 3.8) is 0 Å². The van der Waals surface area contributed by atoms with Gasteiger partial charge in [-0.25, -0.2) is 9.67 Å². The summed E-state index contributed by atoms with van der Waals surface area (Å²) in [6.07, 6.45) is 3.51. The van der Waals surface area contributed by atoms with E-state index in [2.05, 4.69) is 26.2 Å². The summed E-state index contributed by atoms with van der Waals surface area (Å²) >= 11 is 0. The zero-order valence-corrected chi connectivity index (χ0v) is 17.3. The number of tetrazole rings is 1. The van der Waals surface area contributed by atoms with Gasteiger partial charge >= 0.3 is 0 Å². The number of hydrogen-bond acceptors (Lipinski definition) is 6. The highest BCUT2D eigenvalue weighted by Gasteiger charge is 2.28. The highest BCUT2D eigenvalue weighted by molar-refractivity contribution is 5.78. The molecule has 1 amide bonds. The number of hydrogen-bond donors (Lipinski definition) is 0. The number of piperidine rings is 1. The van der Waals surface area contributed by atoms with Crippen molar-refractivity contribution in [1.29, 1.82) is 0 Å². The lowest BCUT2D eigenvalue weighted by Crippen LogP contribution is -2.42. The van der Waals surface area contributed by atoms with Crippen LogP contribution in [-0.4, -0.2) is 60.3 Å². The maximum atomic E-state index is 12.8. The van der Waals surface area contributed by atoms with Crippen molar-refractivity contribution in [1.82, 2.24) is 34.7 Å². The first-order valence-electron chi connectivity index (χ1n) is 10.3. The number of para-hydroxylation sites is 2. The van der Waals surface area contributed by atoms with Crippen molar-refractivity contribution in [2.45, 2.75) is 18.8 Å². The van der Waals surface area contributed by atoms with Gasteiger partial charge in [-0.1, -0.05) is 12.1 Å². The van der Waals surface area contributed by atoms with Crippen LogP contribution in [0.15, 0.2) is 54.9 Å². The van der Waals surface area contributed by atoms with E-state index in [1.807, 2.05) is 54.4 Å². The summed E-state index contributed by atoms with van der Waals surface area (Å²) in [5.41, 5.74) is 2.94. The van der Waals surface area contributed by atoms with Crippen molar-refractivity contribution < 1.29 is 9.53 Å². The minimum Gasteiger partial charge on any atom is -0.484 e. The summed E-state index contributed by atoms with van der Waals surface area (Å²) in [4.78, 5) is 19.5. The molecular formula is C22H23N7O2. The maximum absolute atomic E-state index is 12.8. The van der Waals surface area contributed by atoms with Crippen molar-refractivity contribution in [2.24, 2.45) is 7.05 Å². The number of amides is 1. The topological polar surface area (TPSA) is 91.0 Å². The number of carbonyl (C=O) groups is 1. The van der Waals surface area contributed by atoms with Crippen molar-refractivity contribution in [3.05, 3.63) is 60.7 Å². The van der Waals surface area contributed by atoms with E-state index in [4.69, 9.17) is 9.72 Å². The number of likely N-dealkylation sites (tertiary alicyclic amines) is 1. The van der Waals surface area contributed by atoms with Crippen LogP contribution in [0.1, 0.15) is 24.6 Å². The van der Waals surface area contributed by atoms with E-state index in [0.29, 0.717) is 12.3 Å². The van der Waals surface area contributed by atoms with Crippen LogP contribution in [0, 0.1) is 0 Å². The Labute approximate surface area is 179 Å². The summed E-state index contributed by atoms with van der Waals surface area (Å²) in [5, 5.41) is 11.1. The predicted octanol–water partition coefficient (Wildman–Crippen LogP) is 2.33. The van der Waals surface area contributed by atoms with Crippen LogP contribution in [0.5, 0.6) is 5.75 Å². The molecule has 0 aliphatic carbocycles. The molecule has 3 heterocycles. The van der Waals surface area contributed by atoms with Gasteiger partial charge in [0, 0.05) is 26.1 Å². The van der Waals surface area contributed by atoms with Crippen LogP contribution in [0.2, 0.25) is 0 Å². The first-order chi connectivity index (χ1) is 15.2. The third kappa shape index (κ3) is 3.86. The van der Waals surface area contributed by atoms with Gasteiger partial charge in [-0.2, -0.15) is 0 Å². The molecule has 9 nitrogen and oxygen atoms in total. The number of aromatic nitrogens is 6. The van der Waals surface area contributed by atoms with Crippen LogP contribution in [0.3, 0.4) is 0 Å². The van der Waals surface area contributed by atoms with E-state index in [0.717, 1.165) is 41.9 Å². The van der Waals surface area contributed by atoms with E-state index in [9.17, 15) is 4.79 Å². The number of benzene rings is 2. The van der Waals surface area contributed by atoms with Crippen molar-refractivity contribution in [2.75, 3.05) is 19.7 Å². The molecule has 0 spiro atoms. The Bertz CT molecular complexity index is 1180. The Morgan fingerprint density at radius 1 is 1.16 bits per heavy atom. The minimum atomic E-state index is -0.00647. The van der Waals surface area contributed by atoms with E-state index < -0.39 is 0 Å². The highest BCUT2D eigenvalue weighted by Crippen LogP contribution is 2.28. The number of rotatable bonds is 5. The average molecular weight is 417 g/mol. The van der Waals surface area contributed by atoms with Crippen molar-refractivity contribution in [3.8, 4) is 11.4 Å². The van der Waals surface area contributed by atoms with Crippen LogP contribution in [0.25, 0.3) is 16.7 Å². The summed E-state index contributed by atoms with van der Waals surface area (Å²) in [5.74, 6) is 1.89. The standard InChI is InChI=1S/C22H23N7O2/c1-27-20-7-3-2-6-19(20)24-22(27)16-5-4-12-28(13-16)21(30)14-31-18-10-8-17(9-11-18)29-15-23-25-26-29/h2-3,6-11,15-16H,4-5,12-14H2,1H3. The number of carbonyl (C=O) groups excluding carboxylic acids is 1. The number of nitrogens with zero attached hydrogens (tertiary/aromatic N) is 7. The molecule has 1 aliphatic rings. The molecule has 0 bridgehead atoms. The number of aryl methyl sites for hydroxylation is 1. The fourth-order valence-corrected chi connectivity index (χ4v) is 4.15. The zero-order chi connectivity index (χ0) is 21.2. The van der Waals surface area contributed by atoms with Gasteiger partial charge in [-0.05, 0) is 59.7 Å². The average Bonchev–Trinajstić information content (AvgIpc) is 3.47. The summed E-state index contributed by atoms with van der Waals surface area (Å²) in [6, 6.07) is 15.4. The second-order valence-electron chi connectivity index (χ2n) is 7.73. The number of ether oxygens (including phenoxy) is 1. The predicted molar refractivity (Wildman–Crippen MR) is 114 cm³/mol. The van der Waals surface area contributed by atoms with E-state index >= 15 is 0 Å². The molecule has 9 heteroatoms. The Morgan fingerprint density at radius 3 is 2.77 bits per heavy atom. The lowest BCUT2D eigenvalue weighted by atomic mass is 9.97. The lowest BCUT2D eigenvalue weighted by Gasteiger charge is -2.32.